The third-order valence-corrected chi connectivity index (χ3v) is 4.62. The molecule has 0 radical (unpaired) electrons. The molecule has 17 heavy (non-hydrogen) atoms. The molecular weight excluding hydrogens is 277 g/mol. The molecule has 0 amide bonds. The first-order valence-corrected chi connectivity index (χ1v) is 7.43. The van der Waals surface area contributed by atoms with Gasteiger partial charge in [0.05, 0.1) is 0 Å². The number of nitrogen functional groups attached to an aromatic ring is 1. The number of benzene rings is 1. The van der Waals surface area contributed by atoms with Crippen LogP contribution in [0.4, 0.5) is 4.69 Å². The molecule has 3 N–H and O–H groups in total. The fraction of sp³-hybridized carbons (Fsp3) is 0.308. The van der Waals surface area contributed by atoms with E-state index in [1.807, 2.05) is 22.9 Å². The van der Waals surface area contributed by atoms with Gasteiger partial charge in [0.15, 0.2) is 0 Å². The molecule has 1 aromatic heterocycles. The molecule has 1 aromatic carbocycles. The second-order valence-corrected chi connectivity index (χ2v) is 6.87. The fourth-order valence-electron chi connectivity index (χ4n) is 1.80. The van der Waals surface area contributed by atoms with Crippen LogP contribution in [0.3, 0.4) is 0 Å². The zero-order valence-electron chi connectivity index (χ0n) is 10.4. The van der Waals surface area contributed by atoms with E-state index in [0.717, 1.165) is 10.4 Å². The Balaban J connectivity index is 2.45. The zero-order chi connectivity index (χ0) is 12.4. The Morgan fingerprint density at radius 1 is 1.24 bits per heavy atom. The summed E-state index contributed by atoms with van der Waals surface area (Å²) < 4.78 is 4.32. The molecule has 1 heterocycles. The number of rotatable bonds is 3. The number of nitrogens with two attached hydrogens (primary N) is 1. The summed E-state index contributed by atoms with van der Waals surface area (Å²) in [4.78, 5) is 0. The quantitative estimate of drug-likeness (QED) is 0.512. The van der Waals surface area contributed by atoms with E-state index in [2.05, 4.69) is 38.2 Å². The van der Waals surface area contributed by atoms with Gasteiger partial charge in [-0.2, -0.15) is 0 Å². The molecule has 0 saturated heterocycles. The Morgan fingerprint density at radius 3 is 2.47 bits per heavy atom. The van der Waals surface area contributed by atoms with Crippen LogP contribution in [0.2, 0.25) is 0 Å². The molecule has 2 rings (SSSR count). The summed E-state index contributed by atoms with van der Waals surface area (Å²) in [6, 6.07) is 10.7. The van der Waals surface area contributed by atoms with Gasteiger partial charge in [0, 0.05) is 0 Å². The van der Waals surface area contributed by atoms with Crippen LogP contribution in [-0.4, -0.2) is 20.5 Å². The molecule has 4 heteroatoms. The predicted molar refractivity (Wildman–Crippen MR) is 72.7 cm³/mol. The Hall–Kier alpha value is -1.25. The van der Waals surface area contributed by atoms with Gasteiger partial charge in [-0.05, 0) is 0 Å². The van der Waals surface area contributed by atoms with Crippen molar-refractivity contribution in [1.82, 2.24) is 0 Å². The second-order valence-electron chi connectivity index (χ2n) is 4.35. The second kappa shape index (κ2) is 4.94. The molecule has 0 saturated carbocycles. The first kappa shape index (κ1) is 12.2. The molecule has 3 nitrogen and oxygen atoms in total. The summed E-state index contributed by atoms with van der Waals surface area (Å²) in [5, 5.41) is 3.43. The first-order chi connectivity index (χ1) is 8.09. The van der Waals surface area contributed by atoms with Crippen molar-refractivity contribution >= 4 is 19.2 Å². The van der Waals surface area contributed by atoms with Crippen molar-refractivity contribution in [3.05, 3.63) is 34.8 Å². The molecular formula is C13H18N3Se+. The summed E-state index contributed by atoms with van der Waals surface area (Å²) >= 11 is 0.310. The van der Waals surface area contributed by atoms with Crippen LogP contribution in [0.25, 0.3) is 11.3 Å². The predicted octanol–water partition coefficient (Wildman–Crippen LogP) is 1.54. The van der Waals surface area contributed by atoms with Gasteiger partial charge >= 0.3 is 108 Å². The number of aryl methyl sites for hydroxylation is 1. The average molecular weight is 295 g/mol. The van der Waals surface area contributed by atoms with Crippen molar-refractivity contribution in [3.63, 3.8) is 0 Å². The Morgan fingerprint density at radius 2 is 1.88 bits per heavy atom. The number of nitrogens with zero attached hydrogens (tertiary/aromatic N) is 1. The van der Waals surface area contributed by atoms with Crippen LogP contribution < -0.4 is 15.8 Å². The van der Waals surface area contributed by atoms with E-state index < -0.39 is 0 Å². The maximum absolute atomic E-state index is 6.19. The van der Waals surface area contributed by atoms with Crippen molar-refractivity contribution in [2.24, 2.45) is 0 Å². The van der Waals surface area contributed by atoms with Crippen LogP contribution in [0.5, 0.6) is 0 Å². The van der Waals surface area contributed by atoms with Crippen molar-refractivity contribution in [3.8, 4) is 11.3 Å². The van der Waals surface area contributed by atoms with Crippen LogP contribution >= 0.6 is 0 Å². The van der Waals surface area contributed by atoms with E-state index in [1.165, 1.54) is 10.0 Å². The summed E-state index contributed by atoms with van der Waals surface area (Å²) in [7, 11) is 0. The van der Waals surface area contributed by atoms with Crippen molar-refractivity contribution in [2.45, 2.75) is 26.8 Å². The molecule has 0 spiro atoms. The summed E-state index contributed by atoms with van der Waals surface area (Å²) in [6.07, 6.45) is 0. The molecule has 0 bridgehead atoms. The third kappa shape index (κ3) is 2.54. The molecule has 0 aliphatic carbocycles. The van der Waals surface area contributed by atoms with E-state index in [-0.39, 0.29) is 0 Å². The molecule has 90 valence electrons. The van der Waals surface area contributed by atoms with E-state index >= 15 is 0 Å². The molecule has 0 aliphatic rings. The van der Waals surface area contributed by atoms with Gasteiger partial charge in [0.2, 0.25) is 0 Å². The van der Waals surface area contributed by atoms with Crippen LogP contribution in [-0.2, 0) is 0 Å². The summed E-state index contributed by atoms with van der Waals surface area (Å²) in [5.41, 5.74) is 2.34. The molecule has 0 atom stereocenters. The third-order valence-electron chi connectivity index (χ3n) is 2.50. The average Bonchev–Trinajstić information content (AvgIpc) is 2.54. The minimum atomic E-state index is 0.310. The zero-order valence-corrected chi connectivity index (χ0v) is 12.1. The van der Waals surface area contributed by atoms with E-state index in [9.17, 15) is 0 Å². The number of hydrogen-bond donors (Lipinski definition) is 2. The fourth-order valence-corrected chi connectivity index (χ4v) is 4.08. The van der Waals surface area contributed by atoms with Crippen molar-refractivity contribution in [1.29, 1.82) is 0 Å². The Labute approximate surface area is 108 Å². The van der Waals surface area contributed by atoms with E-state index in [4.69, 9.17) is 5.84 Å². The number of nitrogens with one attached hydrogen (secondary N) is 1. The maximum atomic E-state index is 6.19. The van der Waals surface area contributed by atoms with E-state index in [1.54, 1.807) is 0 Å². The van der Waals surface area contributed by atoms with Crippen molar-refractivity contribution in [2.75, 3.05) is 11.2 Å². The minimum absolute atomic E-state index is 0.310. The number of anilines is 1. The molecule has 2 aromatic rings. The van der Waals surface area contributed by atoms with Crippen LogP contribution in [0.1, 0.15) is 18.3 Å². The topological polar surface area (TPSA) is 41.9 Å². The van der Waals surface area contributed by atoms with Crippen LogP contribution in [0, 0.1) is 6.92 Å². The summed E-state index contributed by atoms with van der Waals surface area (Å²) in [6.45, 7) is 6.43. The Bertz CT molecular complexity index is 503. The SMILES string of the molecule is Cc1[se]c(NC(C)C)[n+](N)c1-c1ccccc1. The van der Waals surface area contributed by atoms with Crippen molar-refractivity contribution < 1.29 is 4.68 Å². The van der Waals surface area contributed by atoms with Gasteiger partial charge < -0.3 is 0 Å². The van der Waals surface area contributed by atoms with E-state index in [0.29, 0.717) is 20.5 Å². The van der Waals surface area contributed by atoms with Gasteiger partial charge in [-0.3, -0.25) is 0 Å². The summed E-state index contributed by atoms with van der Waals surface area (Å²) in [5.74, 6) is 6.19. The van der Waals surface area contributed by atoms with Gasteiger partial charge in [-0.15, -0.1) is 0 Å². The van der Waals surface area contributed by atoms with Gasteiger partial charge in [-0.25, -0.2) is 0 Å². The molecule has 0 fully saturated rings. The molecule has 0 aliphatic heterocycles. The van der Waals surface area contributed by atoms with Gasteiger partial charge in [0.1, 0.15) is 0 Å². The molecule has 0 unspecified atom stereocenters. The Kier molecular flexibility index (Phi) is 3.55. The van der Waals surface area contributed by atoms with Gasteiger partial charge in [0.25, 0.3) is 0 Å². The number of aromatic nitrogens is 1. The normalized spacial score (nSPS) is 10.8. The first-order valence-electron chi connectivity index (χ1n) is 5.72. The monoisotopic (exact) mass is 296 g/mol. The van der Waals surface area contributed by atoms with Crippen LogP contribution in [0.15, 0.2) is 30.3 Å². The van der Waals surface area contributed by atoms with Gasteiger partial charge in [-0.1, -0.05) is 0 Å². The standard InChI is InChI=1S/C13H17N3Se/c1-9(2)15-13-16(14)12(10(3)17-13)11-7-5-4-6-8-11/h4-9H,14H2,1-3H3/p+1. The number of hydrogen-bond acceptors (Lipinski definition) is 2.